The number of carbonyl (C=O) groups excluding carboxylic acids is 1. The number of aromatic nitrogens is 1. The molecule has 0 atom stereocenters. The Bertz CT molecular complexity index is 348. The molecule has 0 saturated heterocycles. The fourth-order valence-corrected chi connectivity index (χ4v) is 0.828. The molecule has 1 aromatic rings. The van der Waals surface area contributed by atoms with Crippen LogP contribution in [0.1, 0.15) is 13.8 Å². The van der Waals surface area contributed by atoms with Gasteiger partial charge in [-0.05, 0) is 26.0 Å². The van der Waals surface area contributed by atoms with Crippen LogP contribution < -0.4 is 11.1 Å². The van der Waals surface area contributed by atoms with Crippen LogP contribution in [0.3, 0.4) is 0 Å². The molecule has 0 aliphatic heterocycles. The Morgan fingerprint density at radius 1 is 1.60 bits per heavy atom. The van der Waals surface area contributed by atoms with E-state index in [0.29, 0.717) is 5.82 Å². The highest BCUT2D eigenvalue weighted by Crippen LogP contribution is 2.15. The van der Waals surface area contributed by atoms with Gasteiger partial charge in [-0.25, -0.2) is 9.37 Å². The van der Waals surface area contributed by atoms with E-state index in [0.717, 1.165) is 6.20 Å². The summed E-state index contributed by atoms with van der Waals surface area (Å²) < 4.78 is 12.5. The minimum atomic E-state index is -0.657. The largest absolute Gasteiger partial charge is 0.329 e. The first kappa shape index (κ1) is 11.6. The third-order valence-electron chi connectivity index (χ3n) is 2.09. The number of rotatable bonds is 3. The fourth-order valence-electron chi connectivity index (χ4n) is 0.828. The van der Waals surface area contributed by atoms with E-state index < -0.39 is 11.2 Å². The number of amides is 1. The average molecular weight is 211 g/mol. The third-order valence-corrected chi connectivity index (χ3v) is 2.09. The molecular formula is C10H14FN3O. The molecule has 0 unspecified atom stereocenters. The van der Waals surface area contributed by atoms with Crippen LogP contribution in [0.2, 0.25) is 0 Å². The predicted molar refractivity (Wildman–Crippen MR) is 55.7 cm³/mol. The van der Waals surface area contributed by atoms with Crippen molar-refractivity contribution in [3.8, 4) is 0 Å². The zero-order chi connectivity index (χ0) is 11.5. The lowest BCUT2D eigenvalue weighted by Gasteiger charge is -2.20. The Morgan fingerprint density at radius 3 is 2.73 bits per heavy atom. The molecule has 15 heavy (non-hydrogen) atoms. The molecule has 0 aliphatic rings. The quantitative estimate of drug-likeness (QED) is 0.787. The van der Waals surface area contributed by atoms with Crippen LogP contribution in [-0.4, -0.2) is 17.4 Å². The van der Waals surface area contributed by atoms with Gasteiger partial charge in [0.1, 0.15) is 11.6 Å². The number of nitrogens with one attached hydrogen (secondary N) is 1. The van der Waals surface area contributed by atoms with Crippen LogP contribution in [0.25, 0.3) is 0 Å². The minimum Gasteiger partial charge on any atom is -0.329 e. The Balaban J connectivity index is 2.71. The zero-order valence-electron chi connectivity index (χ0n) is 8.75. The highest BCUT2D eigenvalue weighted by Gasteiger charge is 2.25. The molecule has 3 N–H and O–H groups in total. The van der Waals surface area contributed by atoms with Crippen LogP contribution in [-0.2, 0) is 4.79 Å². The molecule has 1 aromatic heterocycles. The van der Waals surface area contributed by atoms with E-state index in [1.807, 2.05) is 0 Å². The van der Waals surface area contributed by atoms with Crippen LogP contribution in [0.5, 0.6) is 0 Å². The number of hydrogen-bond donors (Lipinski definition) is 2. The monoisotopic (exact) mass is 211 g/mol. The van der Waals surface area contributed by atoms with Gasteiger partial charge in [-0.3, -0.25) is 4.79 Å². The molecule has 1 rings (SSSR count). The van der Waals surface area contributed by atoms with Crippen molar-refractivity contribution in [2.24, 2.45) is 11.1 Å². The average Bonchev–Trinajstić information content (AvgIpc) is 2.21. The summed E-state index contributed by atoms with van der Waals surface area (Å²) in [5.74, 6) is -0.349. The van der Waals surface area contributed by atoms with Crippen molar-refractivity contribution in [1.29, 1.82) is 0 Å². The summed E-state index contributed by atoms with van der Waals surface area (Å²) in [6.45, 7) is 3.69. The standard InChI is InChI=1S/C10H14FN3O/c1-10(2,6-12)9(15)14-8-4-3-7(11)5-13-8/h3-5H,6,12H2,1-2H3,(H,13,14,15). The molecule has 0 radical (unpaired) electrons. The molecule has 0 aromatic carbocycles. The van der Waals surface area contributed by atoms with Crippen LogP contribution in [0, 0.1) is 11.2 Å². The summed E-state index contributed by atoms with van der Waals surface area (Å²) >= 11 is 0. The Morgan fingerprint density at radius 2 is 2.27 bits per heavy atom. The summed E-state index contributed by atoms with van der Waals surface area (Å²) in [6.07, 6.45) is 1.05. The minimum absolute atomic E-state index is 0.232. The number of halogens is 1. The van der Waals surface area contributed by atoms with E-state index in [4.69, 9.17) is 5.73 Å². The van der Waals surface area contributed by atoms with E-state index >= 15 is 0 Å². The first-order chi connectivity index (χ1) is 6.95. The number of anilines is 1. The van der Waals surface area contributed by atoms with Gasteiger partial charge < -0.3 is 11.1 Å². The summed E-state index contributed by atoms with van der Waals surface area (Å²) in [5, 5.41) is 2.56. The molecule has 0 fully saturated rings. The topological polar surface area (TPSA) is 68.0 Å². The molecule has 4 nitrogen and oxygen atoms in total. The molecule has 1 heterocycles. The fraction of sp³-hybridized carbons (Fsp3) is 0.400. The summed E-state index contributed by atoms with van der Waals surface area (Å²) in [7, 11) is 0. The lowest BCUT2D eigenvalue weighted by Crippen LogP contribution is -2.37. The smallest absolute Gasteiger partial charge is 0.232 e. The van der Waals surface area contributed by atoms with Gasteiger partial charge in [0.2, 0.25) is 5.91 Å². The number of carbonyl (C=O) groups is 1. The normalized spacial score (nSPS) is 11.2. The van der Waals surface area contributed by atoms with E-state index in [2.05, 4.69) is 10.3 Å². The van der Waals surface area contributed by atoms with Gasteiger partial charge in [-0.15, -0.1) is 0 Å². The van der Waals surface area contributed by atoms with E-state index in [9.17, 15) is 9.18 Å². The third kappa shape index (κ3) is 2.99. The maximum absolute atomic E-state index is 12.5. The van der Waals surface area contributed by atoms with Gasteiger partial charge in [0.05, 0.1) is 11.6 Å². The van der Waals surface area contributed by atoms with Gasteiger partial charge in [-0.1, -0.05) is 0 Å². The molecule has 82 valence electrons. The number of nitrogens with zero attached hydrogens (tertiary/aromatic N) is 1. The Hall–Kier alpha value is -1.49. The SMILES string of the molecule is CC(C)(CN)C(=O)Nc1ccc(F)cn1. The molecule has 0 spiro atoms. The lowest BCUT2D eigenvalue weighted by atomic mass is 9.93. The van der Waals surface area contributed by atoms with Crippen molar-refractivity contribution >= 4 is 11.7 Å². The Labute approximate surface area is 87.7 Å². The highest BCUT2D eigenvalue weighted by molar-refractivity contribution is 5.94. The maximum Gasteiger partial charge on any atom is 0.232 e. The number of pyridine rings is 1. The van der Waals surface area contributed by atoms with Crippen molar-refractivity contribution in [2.45, 2.75) is 13.8 Å². The number of hydrogen-bond acceptors (Lipinski definition) is 3. The highest BCUT2D eigenvalue weighted by atomic mass is 19.1. The predicted octanol–water partition coefficient (Wildman–Crippen LogP) is 1.14. The second-order valence-corrected chi connectivity index (χ2v) is 3.90. The van der Waals surface area contributed by atoms with Crippen molar-refractivity contribution in [3.63, 3.8) is 0 Å². The van der Waals surface area contributed by atoms with E-state index in [-0.39, 0.29) is 12.5 Å². The van der Waals surface area contributed by atoms with Crippen molar-refractivity contribution in [3.05, 3.63) is 24.1 Å². The summed E-state index contributed by atoms with van der Waals surface area (Å²) in [4.78, 5) is 15.3. The molecule has 0 bridgehead atoms. The molecule has 1 amide bonds. The first-order valence-corrected chi connectivity index (χ1v) is 4.59. The van der Waals surface area contributed by atoms with Gasteiger partial charge in [0, 0.05) is 6.54 Å². The summed E-state index contributed by atoms with van der Waals surface area (Å²) in [6, 6.07) is 2.64. The Kier molecular flexibility index (Phi) is 3.36. The van der Waals surface area contributed by atoms with Crippen molar-refractivity contribution in [1.82, 2.24) is 4.98 Å². The van der Waals surface area contributed by atoms with E-state index in [1.54, 1.807) is 13.8 Å². The van der Waals surface area contributed by atoms with Gasteiger partial charge in [-0.2, -0.15) is 0 Å². The van der Waals surface area contributed by atoms with Gasteiger partial charge >= 0.3 is 0 Å². The molecule has 0 aliphatic carbocycles. The van der Waals surface area contributed by atoms with Crippen LogP contribution in [0.15, 0.2) is 18.3 Å². The molecule has 0 saturated carbocycles. The van der Waals surface area contributed by atoms with Crippen molar-refractivity contribution in [2.75, 3.05) is 11.9 Å². The van der Waals surface area contributed by atoms with Crippen LogP contribution >= 0.6 is 0 Å². The maximum atomic E-state index is 12.5. The van der Waals surface area contributed by atoms with E-state index in [1.165, 1.54) is 12.1 Å². The summed E-state index contributed by atoms with van der Waals surface area (Å²) in [5.41, 5.74) is 4.79. The molecular weight excluding hydrogens is 197 g/mol. The zero-order valence-corrected chi connectivity index (χ0v) is 8.75. The lowest BCUT2D eigenvalue weighted by molar-refractivity contribution is -0.123. The number of nitrogens with two attached hydrogens (primary N) is 1. The van der Waals surface area contributed by atoms with Crippen LogP contribution in [0.4, 0.5) is 10.2 Å². The second kappa shape index (κ2) is 4.35. The van der Waals surface area contributed by atoms with Gasteiger partial charge in [0.15, 0.2) is 0 Å². The molecule has 5 heteroatoms. The first-order valence-electron chi connectivity index (χ1n) is 4.59. The van der Waals surface area contributed by atoms with Crippen molar-refractivity contribution < 1.29 is 9.18 Å². The second-order valence-electron chi connectivity index (χ2n) is 3.90. The van der Waals surface area contributed by atoms with Gasteiger partial charge in [0.25, 0.3) is 0 Å².